The molecule has 2 aromatic carbocycles. The summed E-state index contributed by atoms with van der Waals surface area (Å²) in [6, 6.07) is 6.39. The maximum Gasteiger partial charge on any atom is 0.335 e. The number of aromatic hydroxyl groups is 1. The number of carbonyl (C=O) groups is 1. The van der Waals surface area contributed by atoms with E-state index in [4.69, 9.17) is 9.47 Å². The molecule has 184 valence electrons. The number of rotatable bonds is 4. The number of benzene rings is 2. The van der Waals surface area contributed by atoms with E-state index in [1.54, 1.807) is 6.07 Å². The molecule has 3 aromatic rings. The lowest BCUT2D eigenvalue weighted by atomic mass is 9.88. The maximum absolute atomic E-state index is 13.2. The summed E-state index contributed by atoms with van der Waals surface area (Å²) in [5.74, 6) is 0.175. The molecule has 0 saturated carbocycles. The van der Waals surface area contributed by atoms with E-state index in [-0.39, 0.29) is 11.5 Å². The lowest BCUT2D eigenvalue weighted by molar-refractivity contribution is -0.130. The van der Waals surface area contributed by atoms with Gasteiger partial charge in [-0.15, -0.1) is 0 Å². The fourth-order valence-electron chi connectivity index (χ4n) is 5.11. The van der Waals surface area contributed by atoms with E-state index >= 15 is 0 Å². The highest BCUT2D eigenvalue weighted by Crippen LogP contribution is 2.42. The number of carbonyl (C=O) groups excluding carboxylic acids is 1. The van der Waals surface area contributed by atoms with Gasteiger partial charge in [0.1, 0.15) is 5.56 Å². The topological polar surface area (TPSA) is 114 Å². The normalized spacial score (nSPS) is 15.0. The standard InChI is InChI=1S/C26H29N3O6/c1-13-9-14(2)22(15(3)10-13)29-25(32)21(24(31)27-26(29)33)23-18-12-20(35-6)19(34-5)11-17(18)7-8-28(23)16(4)30/h9-12,23,32H,7-8H2,1-6H3,(H,27,31,33). The molecule has 1 unspecified atom stereocenters. The van der Waals surface area contributed by atoms with E-state index in [1.807, 2.05) is 39.0 Å². The molecule has 9 heteroatoms. The molecule has 1 atom stereocenters. The molecule has 0 radical (unpaired) electrons. The second-order valence-corrected chi connectivity index (χ2v) is 8.85. The second-order valence-electron chi connectivity index (χ2n) is 8.85. The van der Waals surface area contributed by atoms with Crippen LogP contribution in [0.1, 0.15) is 46.3 Å². The minimum Gasteiger partial charge on any atom is -0.494 e. The molecule has 0 fully saturated rings. The van der Waals surface area contributed by atoms with E-state index < -0.39 is 23.2 Å². The van der Waals surface area contributed by atoms with Gasteiger partial charge in [-0.3, -0.25) is 14.6 Å². The van der Waals surface area contributed by atoms with Gasteiger partial charge in [-0.2, -0.15) is 0 Å². The first-order valence-corrected chi connectivity index (χ1v) is 11.3. The fourth-order valence-corrected chi connectivity index (χ4v) is 5.11. The zero-order valence-electron chi connectivity index (χ0n) is 20.7. The van der Waals surface area contributed by atoms with Crippen molar-refractivity contribution in [1.29, 1.82) is 0 Å². The minimum atomic E-state index is -0.933. The third-order valence-corrected chi connectivity index (χ3v) is 6.53. The number of amides is 1. The number of hydrogen-bond acceptors (Lipinski definition) is 6. The van der Waals surface area contributed by atoms with Crippen LogP contribution >= 0.6 is 0 Å². The Balaban J connectivity index is 2.06. The van der Waals surface area contributed by atoms with Crippen LogP contribution in [-0.2, 0) is 11.2 Å². The van der Waals surface area contributed by atoms with Crippen molar-refractivity contribution in [3.05, 3.63) is 78.5 Å². The number of H-pyrrole nitrogens is 1. The highest BCUT2D eigenvalue weighted by atomic mass is 16.5. The Morgan fingerprint density at radius 3 is 2.20 bits per heavy atom. The third kappa shape index (κ3) is 3.96. The summed E-state index contributed by atoms with van der Waals surface area (Å²) in [5, 5.41) is 11.5. The molecule has 1 aliphatic heterocycles. The molecule has 35 heavy (non-hydrogen) atoms. The Morgan fingerprint density at radius 1 is 1.03 bits per heavy atom. The maximum atomic E-state index is 13.2. The summed E-state index contributed by atoms with van der Waals surface area (Å²) < 4.78 is 12.0. The lowest BCUT2D eigenvalue weighted by Gasteiger charge is -2.37. The van der Waals surface area contributed by atoms with Crippen LogP contribution in [0.4, 0.5) is 0 Å². The fraction of sp³-hybridized carbons (Fsp3) is 0.346. The minimum absolute atomic E-state index is 0.0904. The highest BCUT2D eigenvalue weighted by Gasteiger charge is 2.37. The molecule has 0 aliphatic carbocycles. The van der Waals surface area contributed by atoms with Crippen LogP contribution in [0.3, 0.4) is 0 Å². The molecule has 0 bridgehead atoms. The molecule has 0 saturated heterocycles. The lowest BCUT2D eigenvalue weighted by Crippen LogP contribution is -2.43. The molecule has 4 rings (SSSR count). The molecule has 2 heterocycles. The smallest absolute Gasteiger partial charge is 0.335 e. The quantitative estimate of drug-likeness (QED) is 0.595. The first-order valence-electron chi connectivity index (χ1n) is 11.3. The van der Waals surface area contributed by atoms with Crippen LogP contribution in [0, 0.1) is 20.8 Å². The van der Waals surface area contributed by atoms with Crippen LogP contribution in [0.2, 0.25) is 0 Å². The predicted molar refractivity (Wildman–Crippen MR) is 131 cm³/mol. The Kier molecular flexibility index (Phi) is 6.19. The average molecular weight is 480 g/mol. The van der Waals surface area contributed by atoms with Gasteiger partial charge in [0.05, 0.1) is 25.9 Å². The van der Waals surface area contributed by atoms with Crippen molar-refractivity contribution in [1.82, 2.24) is 14.5 Å². The monoisotopic (exact) mass is 479 g/mol. The van der Waals surface area contributed by atoms with Crippen molar-refractivity contribution in [2.24, 2.45) is 0 Å². The number of ether oxygens (including phenoxy) is 2. The summed E-state index contributed by atoms with van der Waals surface area (Å²) in [6.45, 7) is 7.34. The molecule has 1 aromatic heterocycles. The predicted octanol–water partition coefficient (Wildman–Crippen LogP) is 2.67. The third-order valence-electron chi connectivity index (χ3n) is 6.53. The molecular formula is C26H29N3O6. The van der Waals surface area contributed by atoms with Gasteiger partial charge in [-0.25, -0.2) is 9.36 Å². The van der Waals surface area contributed by atoms with Gasteiger partial charge in [-0.05, 0) is 61.6 Å². The van der Waals surface area contributed by atoms with Crippen molar-refractivity contribution < 1.29 is 19.4 Å². The van der Waals surface area contributed by atoms with Gasteiger partial charge in [0.25, 0.3) is 5.56 Å². The van der Waals surface area contributed by atoms with Crippen molar-refractivity contribution in [3.8, 4) is 23.1 Å². The molecule has 2 N–H and O–H groups in total. The SMILES string of the molecule is COc1cc2c(cc1OC)C(c1c(O)n(-c3c(C)cc(C)cc3C)c(=O)[nH]c1=O)N(C(C)=O)CC2. The number of nitrogens with zero attached hydrogens (tertiary/aromatic N) is 2. The number of methoxy groups -OCH3 is 2. The Bertz CT molecular complexity index is 1430. The Morgan fingerprint density at radius 2 is 1.63 bits per heavy atom. The van der Waals surface area contributed by atoms with Gasteiger partial charge in [-0.1, -0.05) is 17.7 Å². The van der Waals surface area contributed by atoms with Gasteiger partial charge in [0.2, 0.25) is 11.8 Å². The summed E-state index contributed by atoms with van der Waals surface area (Å²) >= 11 is 0. The highest BCUT2D eigenvalue weighted by molar-refractivity contribution is 5.75. The van der Waals surface area contributed by atoms with Gasteiger partial charge < -0.3 is 19.5 Å². The number of aryl methyl sites for hydroxylation is 3. The second kappa shape index (κ2) is 8.98. The van der Waals surface area contributed by atoms with Crippen molar-refractivity contribution in [3.63, 3.8) is 0 Å². The van der Waals surface area contributed by atoms with Gasteiger partial charge >= 0.3 is 5.69 Å². The Labute approximate surface area is 202 Å². The van der Waals surface area contributed by atoms with Gasteiger partial charge in [0.15, 0.2) is 11.5 Å². The van der Waals surface area contributed by atoms with Crippen LogP contribution in [-0.4, -0.2) is 46.2 Å². The van der Waals surface area contributed by atoms with Crippen LogP contribution < -0.4 is 20.7 Å². The number of hydrogen-bond donors (Lipinski definition) is 2. The van der Waals surface area contributed by atoms with E-state index in [0.29, 0.717) is 35.7 Å². The van der Waals surface area contributed by atoms with Crippen LogP contribution in [0.25, 0.3) is 5.69 Å². The molecule has 9 nitrogen and oxygen atoms in total. The van der Waals surface area contributed by atoms with Crippen molar-refractivity contribution >= 4 is 5.91 Å². The van der Waals surface area contributed by atoms with E-state index in [9.17, 15) is 19.5 Å². The van der Waals surface area contributed by atoms with Gasteiger partial charge in [0, 0.05) is 13.5 Å². The molecule has 0 spiro atoms. The van der Waals surface area contributed by atoms with Crippen molar-refractivity contribution in [2.45, 2.75) is 40.2 Å². The molecular weight excluding hydrogens is 450 g/mol. The van der Waals surface area contributed by atoms with Crippen LogP contribution in [0.5, 0.6) is 17.4 Å². The van der Waals surface area contributed by atoms with Crippen LogP contribution in [0.15, 0.2) is 33.9 Å². The summed E-state index contributed by atoms with van der Waals surface area (Å²) in [5.41, 5.74) is 2.87. The number of aromatic amines is 1. The zero-order chi connectivity index (χ0) is 25.6. The van der Waals surface area contributed by atoms with E-state index in [2.05, 4.69) is 4.98 Å². The van der Waals surface area contributed by atoms with Crippen molar-refractivity contribution in [2.75, 3.05) is 20.8 Å². The first-order chi connectivity index (χ1) is 16.6. The van der Waals surface area contributed by atoms with E-state index in [0.717, 1.165) is 26.8 Å². The summed E-state index contributed by atoms with van der Waals surface area (Å²) in [4.78, 5) is 42.7. The zero-order valence-corrected chi connectivity index (χ0v) is 20.7. The Hall–Kier alpha value is -4.01. The largest absolute Gasteiger partial charge is 0.494 e. The number of aromatic nitrogens is 2. The first kappa shape index (κ1) is 24.1. The molecule has 1 amide bonds. The average Bonchev–Trinajstić information content (AvgIpc) is 2.79. The molecule has 1 aliphatic rings. The summed E-state index contributed by atoms with van der Waals surface area (Å²) in [7, 11) is 3.03. The summed E-state index contributed by atoms with van der Waals surface area (Å²) in [6.07, 6.45) is 0.528. The van der Waals surface area contributed by atoms with E-state index in [1.165, 1.54) is 26.0 Å². The number of fused-ring (bicyclic) bond motifs is 1. The number of nitrogens with one attached hydrogen (secondary N) is 1.